The number of piperazine rings is 1. The Hall–Kier alpha value is -2.88. The molecule has 1 aromatic carbocycles. The van der Waals surface area contributed by atoms with Crippen LogP contribution in [0.1, 0.15) is 57.1 Å². The van der Waals surface area contributed by atoms with E-state index in [0.717, 1.165) is 49.8 Å². The van der Waals surface area contributed by atoms with Gasteiger partial charge in [-0.3, -0.25) is 9.69 Å². The standard InChI is InChI=1S/C26H34F3N5O2/c1-25(2,3)24-30-21(26(27,28)29)17-22(31-24)33-14-12-32(13-15-33)10-4-5-11-34-20-8-7-19(35)16-18(20)6-9-23(34)36/h7-8,16-17,35H,4-6,9-15H2,1-3H3. The highest BCUT2D eigenvalue weighted by Crippen LogP contribution is 2.33. The zero-order valence-corrected chi connectivity index (χ0v) is 21.1. The quantitative estimate of drug-likeness (QED) is 0.588. The van der Waals surface area contributed by atoms with Gasteiger partial charge < -0.3 is 14.9 Å². The zero-order valence-electron chi connectivity index (χ0n) is 21.1. The summed E-state index contributed by atoms with van der Waals surface area (Å²) in [6.07, 6.45) is -1.65. The van der Waals surface area contributed by atoms with Gasteiger partial charge in [0.15, 0.2) is 0 Å². The number of phenolic OH excluding ortho intramolecular Hbond substituents is 1. The van der Waals surface area contributed by atoms with Crippen LogP contribution in [0.3, 0.4) is 0 Å². The van der Waals surface area contributed by atoms with Gasteiger partial charge in [-0.25, -0.2) is 9.97 Å². The van der Waals surface area contributed by atoms with Gasteiger partial charge in [-0.15, -0.1) is 0 Å². The SMILES string of the molecule is CC(C)(C)c1nc(N2CCN(CCCCN3C(=O)CCc4cc(O)ccc43)CC2)cc(C(F)(F)F)n1. The molecule has 3 heterocycles. The molecule has 0 spiro atoms. The normalized spacial score (nSPS) is 17.4. The number of rotatable bonds is 6. The second-order valence-corrected chi connectivity index (χ2v) is 10.6. The third kappa shape index (κ3) is 6.08. The average Bonchev–Trinajstić information content (AvgIpc) is 2.82. The molecule has 0 unspecified atom stereocenters. The number of hydrogen-bond donors (Lipinski definition) is 1. The molecule has 196 valence electrons. The smallest absolute Gasteiger partial charge is 0.433 e. The Kier molecular flexibility index (Phi) is 7.45. The van der Waals surface area contributed by atoms with Crippen LogP contribution in [0.15, 0.2) is 24.3 Å². The molecule has 36 heavy (non-hydrogen) atoms. The number of nitrogens with zero attached hydrogens (tertiary/aromatic N) is 5. The highest BCUT2D eigenvalue weighted by atomic mass is 19.4. The molecule has 0 radical (unpaired) electrons. The maximum absolute atomic E-state index is 13.4. The fraction of sp³-hybridized carbons (Fsp3) is 0.577. The molecule has 1 amide bonds. The summed E-state index contributed by atoms with van der Waals surface area (Å²) in [4.78, 5) is 26.7. The van der Waals surface area contributed by atoms with Crippen molar-refractivity contribution in [3.05, 3.63) is 41.3 Å². The van der Waals surface area contributed by atoms with Crippen LogP contribution in [0.5, 0.6) is 5.75 Å². The van der Waals surface area contributed by atoms with Crippen LogP contribution >= 0.6 is 0 Å². The van der Waals surface area contributed by atoms with Crippen molar-refractivity contribution in [2.24, 2.45) is 0 Å². The first-order valence-corrected chi connectivity index (χ1v) is 12.5. The van der Waals surface area contributed by atoms with Gasteiger partial charge in [-0.2, -0.15) is 13.2 Å². The predicted molar refractivity (Wildman–Crippen MR) is 132 cm³/mol. The Bertz CT molecular complexity index is 1060. The number of carbonyl (C=O) groups excluding carboxylic acids is 1. The molecular formula is C26H34F3N5O2. The summed E-state index contributed by atoms with van der Waals surface area (Å²) < 4.78 is 40.3. The topological polar surface area (TPSA) is 72.8 Å². The van der Waals surface area contributed by atoms with Gasteiger partial charge in [0.2, 0.25) is 5.91 Å². The molecule has 0 bridgehead atoms. The third-order valence-electron chi connectivity index (χ3n) is 6.74. The molecular weight excluding hydrogens is 471 g/mol. The van der Waals surface area contributed by atoms with Crippen LogP contribution in [0.4, 0.5) is 24.7 Å². The van der Waals surface area contributed by atoms with Crippen LogP contribution in [0.2, 0.25) is 0 Å². The largest absolute Gasteiger partial charge is 0.508 e. The highest BCUT2D eigenvalue weighted by molar-refractivity contribution is 5.96. The van der Waals surface area contributed by atoms with E-state index in [2.05, 4.69) is 14.9 Å². The van der Waals surface area contributed by atoms with Crippen LogP contribution in [0.25, 0.3) is 0 Å². The fourth-order valence-electron chi connectivity index (χ4n) is 4.67. The van der Waals surface area contributed by atoms with E-state index >= 15 is 0 Å². The number of amides is 1. The molecule has 7 nitrogen and oxygen atoms in total. The van der Waals surface area contributed by atoms with Gasteiger partial charge in [-0.05, 0) is 49.6 Å². The van der Waals surface area contributed by atoms with Crippen molar-refractivity contribution in [1.29, 1.82) is 0 Å². The van der Waals surface area contributed by atoms with Gasteiger partial charge >= 0.3 is 6.18 Å². The molecule has 1 aromatic heterocycles. The van der Waals surface area contributed by atoms with Crippen LogP contribution < -0.4 is 9.80 Å². The minimum Gasteiger partial charge on any atom is -0.508 e. The van der Waals surface area contributed by atoms with Crippen molar-refractivity contribution in [1.82, 2.24) is 14.9 Å². The summed E-state index contributed by atoms with van der Waals surface area (Å²) >= 11 is 0. The number of phenols is 1. The van der Waals surface area contributed by atoms with Crippen molar-refractivity contribution in [2.45, 2.75) is 58.0 Å². The summed E-state index contributed by atoms with van der Waals surface area (Å²) in [5, 5.41) is 9.72. The Morgan fingerprint density at radius 2 is 1.64 bits per heavy atom. The van der Waals surface area contributed by atoms with Crippen molar-refractivity contribution in [3.8, 4) is 5.75 Å². The number of hydrogen-bond acceptors (Lipinski definition) is 6. The van der Waals surface area contributed by atoms with E-state index in [-0.39, 0.29) is 17.5 Å². The summed E-state index contributed by atoms with van der Waals surface area (Å²) in [6, 6.07) is 6.21. The number of aromatic nitrogens is 2. The van der Waals surface area contributed by atoms with Gasteiger partial charge in [0.25, 0.3) is 0 Å². The Morgan fingerprint density at radius 1 is 0.944 bits per heavy atom. The monoisotopic (exact) mass is 505 g/mol. The molecule has 2 aliphatic rings. The second kappa shape index (κ2) is 10.2. The Labute approximate surface area is 209 Å². The highest BCUT2D eigenvalue weighted by Gasteiger charge is 2.36. The molecule has 4 rings (SSSR count). The number of fused-ring (bicyclic) bond motifs is 1. The molecule has 2 aromatic rings. The maximum Gasteiger partial charge on any atom is 0.433 e. The molecule has 1 saturated heterocycles. The first kappa shape index (κ1) is 26.2. The molecule has 0 aliphatic carbocycles. The van der Waals surface area contributed by atoms with E-state index in [1.807, 2.05) is 36.6 Å². The number of anilines is 2. The summed E-state index contributed by atoms with van der Waals surface area (Å²) in [5.41, 5.74) is 0.395. The summed E-state index contributed by atoms with van der Waals surface area (Å²) in [6.45, 7) is 9.59. The van der Waals surface area contributed by atoms with E-state index in [1.54, 1.807) is 12.1 Å². The van der Waals surface area contributed by atoms with E-state index in [9.17, 15) is 23.1 Å². The molecule has 2 aliphatic heterocycles. The van der Waals surface area contributed by atoms with E-state index in [1.165, 1.54) is 0 Å². The first-order chi connectivity index (χ1) is 16.9. The summed E-state index contributed by atoms with van der Waals surface area (Å²) in [7, 11) is 0. The lowest BCUT2D eigenvalue weighted by molar-refractivity contribution is -0.141. The number of carbonyl (C=O) groups is 1. The van der Waals surface area contributed by atoms with Crippen LogP contribution in [-0.2, 0) is 22.8 Å². The minimum atomic E-state index is -4.52. The Morgan fingerprint density at radius 3 is 2.31 bits per heavy atom. The van der Waals surface area contributed by atoms with E-state index in [4.69, 9.17) is 0 Å². The number of aromatic hydroxyl groups is 1. The molecule has 0 saturated carbocycles. The van der Waals surface area contributed by atoms with Gasteiger partial charge in [0, 0.05) is 56.3 Å². The minimum absolute atomic E-state index is 0.111. The van der Waals surface area contributed by atoms with E-state index < -0.39 is 17.3 Å². The Balaban J connectivity index is 1.30. The lowest BCUT2D eigenvalue weighted by Crippen LogP contribution is -2.47. The molecule has 1 N–H and O–H groups in total. The van der Waals surface area contributed by atoms with Crippen molar-refractivity contribution in [3.63, 3.8) is 0 Å². The second-order valence-electron chi connectivity index (χ2n) is 10.6. The number of benzene rings is 1. The number of halogens is 3. The van der Waals surface area contributed by atoms with E-state index in [0.29, 0.717) is 38.3 Å². The van der Waals surface area contributed by atoms with Crippen LogP contribution in [0, 0.1) is 0 Å². The van der Waals surface area contributed by atoms with Crippen molar-refractivity contribution in [2.75, 3.05) is 49.1 Å². The van der Waals surface area contributed by atoms with Gasteiger partial charge in [0.05, 0.1) is 0 Å². The van der Waals surface area contributed by atoms with Crippen molar-refractivity contribution < 1.29 is 23.1 Å². The number of unbranched alkanes of at least 4 members (excludes halogenated alkanes) is 1. The first-order valence-electron chi connectivity index (χ1n) is 12.5. The van der Waals surface area contributed by atoms with Gasteiger partial charge in [0.1, 0.15) is 23.1 Å². The van der Waals surface area contributed by atoms with Gasteiger partial charge in [-0.1, -0.05) is 20.8 Å². The average molecular weight is 506 g/mol. The number of alkyl halides is 3. The third-order valence-corrected chi connectivity index (χ3v) is 6.74. The summed E-state index contributed by atoms with van der Waals surface area (Å²) in [5.74, 6) is 0.849. The van der Waals surface area contributed by atoms with Crippen molar-refractivity contribution >= 4 is 17.4 Å². The van der Waals surface area contributed by atoms with Crippen LogP contribution in [-0.4, -0.2) is 65.2 Å². The fourth-order valence-corrected chi connectivity index (χ4v) is 4.67. The lowest BCUT2D eigenvalue weighted by atomic mass is 9.95. The zero-order chi connectivity index (χ0) is 26.1. The predicted octanol–water partition coefficient (Wildman–Crippen LogP) is 4.38. The molecule has 1 fully saturated rings. The maximum atomic E-state index is 13.4. The lowest BCUT2D eigenvalue weighted by Gasteiger charge is -2.36. The number of aryl methyl sites for hydroxylation is 1. The molecule has 10 heteroatoms. The molecule has 0 atom stereocenters.